The molecule has 0 fully saturated rings. The lowest BCUT2D eigenvalue weighted by Gasteiger charge is -2.10. The van der Waals surface area contributed by atoms with Gasteiger partial charge in [0, 0.05) is 13.7 Å². The van der Waals surface area contributed by atoms with Gasteiger partial charge in [-0.1, -0.05) is 24.3 Å². The number of carbonyl (C=O) groups is 1. The molecule has 0 amide bonds. The minimum absolute atomic E-state index is 0.183. The van der Waals surface area contributed by atoms with Gasteiger partial charge in [0.05, 0.1) is 13.7 Å². The average Bonchev–Trinajstić information content (AvgIpc) is 2.54. The highest BCUT2D eigenvalue weighted by atomic mass is 16.5. The zero-order chi connectivity index (χ0) is 15.1. The number of anilines is 1. The highest BCUT2D eigenvalue weighted by Gasteiger charge is 2.07. The first kappa shape index (κ1) is 14.9. The molecule has 0 spiro atoms. The Morgan fingerprint density at radius 3 is 2.48 bits per heavy atom. The van der Waals surface area contributed by atoms with Crippen LogP contribution in [0.3, 0.4) is 0 Å². The summed E-state index contributed by atoms with van der Waals surface area (Å²) >= 11 is 0. The number of hydrogen-bond donors (Lipinski definition) is 1. The zero-order valence-electron chi connectivity index (χ0n) is 12.0. The summed E-state index contributed by atoms with van der Waals surface area (Å²) in [5.74, 6) is 0.0920. The van der Waals surface area contributed by atoms with E-state index in [2.05, 4.69) is 20.3 Å². The van der Waals surface area contributed by atoms with Crippen LogP contribution in [-0.2, 0) is 22.6 Å². The highest BCUT2D eigenvalue weighted by molar-refractivity contribution is 5.86. The SMILES string of the molecule is COCc1ccccc1CNc1ccc(C(=O)OC)nn1. The molecule has 0 atom stereocenters. The van der Waals surface area contributed by atoms with E-state index in [1.165, 1.54) is 7.11 Å². The number of rotatable bonds is 6. The Morgan fingerprint density at radius 1 is 1.10 bits per heavy atom. The molecule has 0 aliphatic carbocycles. The zero-order valence-corrected chi connectivity index (χ0v) is 12.0. The number of nitrogens with one attached hydrogen (secondary N) is 1. The van der Waals surface area contributed by atoms with Crippen molar-refractivity contribution in [2.75, 3.05) is 19.5 Å². The molecule has 1 aromatic carbocycles. The Bertz CT molecular complexity index is 599. The number of benzene rings is 1. The van der Waals surface area contributed by atoms with Gasteiger partial charge in [0.25, 0.3) is 0 Å². The molecule has 110 valence electrons. The highest BCUT2D eigenvalue weighted by Crippen LogP contribution is 2.12. The van der Waals surface area contributed by atoms with Gasteiger partial charge >= 0.3 is 5.97 Å². The van der Waals surface area contributed by atoms with Gasteiger partial charge in [-0.15, -0.1) is 10.2 Å². The molecule has 0 aliphatic rings. The van der Waals surface area contributed by atoms with Crippen LogP contribution in [0.15, 0.2) is 36.4 Å². The molecule has 0 radical (unpaired) electrons. The van der Waals surface area contributed by atoms with Crippen LogP contribution in [0.4, 0.5) is 5.82 Å². The van der Waals surface area contributed by atoms with Crippen molar-refractivity contribution >= 4 is 11.8 Å². The minimum atomic E-state index is -0.500. The Hall–Kier alpha value is -2.47. The van der Waals surface area contributed by atoms with Crippen molar-refractivity contribution in [1.29, 1.82) is 0 Å². The fraction of sp³-hybridized carbons (Fsp3) is 0.267. The second-order valence-corrected chi connectivity index (χ2v) is 4.35. The molecule has 0 aliphatic heterocycles. The predicted molar refractivity (Wildman–Crippen MR) is 77.9 cm³/mol. The van der Waals surface area contributed by atoms with Crippen molar-refractivity contribution in [3.8, 4) is 0 Å². The maximum absolute atomic E-state index is 11.3. The number of carbonyl (C=O) groups excluding carboxylic acids is 1. The lowest BCUT2D eigenvalue weighted by Crippen LogP contribution is -2.09. The molecule has 21 heavy (non-hydrogen) atoms. The molecule has 1 heterocycles. The first-order valence-electron chi connectivity index (χ1n) is 6.46. The number of methoxy groups -OCH3 is 2. The third kappa shape index (κ3) is 4.00. The van der Waals surface area contributed by atoms with E-state index >= 15 is 0 Å². The molecule has 6 heteroatoms. The molecule has 2 rings (SSSR count). The molecule has 0 unspecified atom stereocenters. The van der Waals surface area contributed by atoms with Crippen molar-refractivity contribution in [3.63, 3.8) is 0 Å². The van der Waals surface area contributed by atoms with Crippen LogP contribution in [0, 0.1) is 0 Å². The summed E-state index contributed by atoms with van der Waals surface area (Å²) in [5, 5.41) is 10.9. The van der Waals surface area contributed by atoms with Crippen LogP contribution in [-0.4, -0.2) is 30.4 Å². The largest absolute Gasteiger partial charge is 0.464 e. The van der Waals surface area contributed by atoms with Crippen LogP contribution in [0.2, 0.25) is 0 Å². The minimum Gasteiger partial charge on any atom is -0.464 e. The average molecular weight is 287 g/mol. The first-order valence-corrected chi connectivity index (χ1v) is 6.46. The van der Waals surface area contributed by atoms with E-state index in [1.807, 2.05) is 24.3 Å². The topological polar surface area (TPSA) is 73.3 Å². The number of hydrogen-bond acceptors (Lipinski definition) is 6. The summed E-state index contributed by atoms with van der Waals surface area (Å²) in [6.45, 7) is 1.16. The second kappa shape index (κ2) is 7.35. The molecule has 2 aromatic rings. The van der Waals surface area contributed by atoms with Crippen LogP contribution in [0.5, 0.6) is 0 Å². The Labute approximate surface area is 123 Å². The van der Waals surface area contributed by atoms with Crippen molar-refractivity contribution in [2.24, 2.45) is 0 Å². The van der Waals surface area contributed by atoms with Crippen molar-refractivity contribution in [2.45, 2.75) is 13.2 Å². The van der Waals surface area contributed by atoms with E-state index in [1.54, 1.807) is 19.2 Å². The maximum Gasteiger partial charge on any atom is 0.358 e. The number of esters is 1. The fourth-order valence-electron chi connectivity index (χ4n) is 1.85. The van der Waals surface area contributed by atoms with Gasteiger partial charge in [0.15, 0.2) is 5.69 Å². The smallest absolute Gasteiger partial charge is 0.358 e. The van der Waals surface area contributed by atoms with Crippen molar-refractivity contribution in [3.05, 3.63) is 53.2 Å². The molecule has 0 bridgehead atoms. The molecular formula is C15H17N3O3. The van der Waals surface area contributed by atoms with Crippen LogP contribution >= 0.6 is 0 Å². The Morgan fingerprint density at radius 2 is 1.86 bits per heavy atom. The van der Waals surface area contributed by atoms with E-state index < -0.39 is 5.97 Å². The summed E-state index contributed by atoms with van der Waals surface area (Å²) in [5.41, 5.74) is 2.42. The molecular weight excluding hydrogens is 270 g/mol. The summed E-state index contributed by atoms with van der Waals surface area (Å²) in [7, 11) is 2.98. The first-order chi connectivity index (χ1) is 10.2. The third-order valence-corrected chi connectivity index (χ3v) is 2.94. The van der Waals surface area contributed by atoms with Gasteiger partial charge in [0.2, 0.25) is 0 Å². The quantitative estimate of drug-likeness (QED) is 0.819. The number of nitrogens with zero attached hydrogens (tertiary/aromatic N) is 2. The Kier molecular flexibility index (Phi) is 5.22. The van der Waals surface area contributed by atoms with Crippen LogP contribution in [0.25, 0.3) is 0 Å². The van der Waals surface area contributed by atoms with Gasteiger partial charge < -0.3 is 14.8 Å². The van der Waals surface area contributed by atoms with Crippen LogP contribution in [0.1, 0.15) is 21.6 Å². The standard InChI is InChI=1S/C15H17N3O3/c1-20-10-12-6-4-3-5-11(12)9-16-14-8-7-13(17-18-14)15(19)21-2/h3-8H,9-10H2,1-2H3,(H,16,18). The summed E-state index contributed by atoms with van der Waals surface area (Å²) in [4.78, 5) is 11.3. The van der Waals surface area contributed by atoms with Crippen LogP contribution < -0.4 is 5.32 Å². The van der Waals surface area contributed by atoms with E-state index in [4.69, 9.17) is 4.74 Å². The van der Waals surface area contributed by atoms with E-state index in [0.29, 0.717) is 19.0 Å². The monoisotopic (exact) mass is 287 g/mol. The van der Waals surface area contributed by atoms with Crippen molar-refractivity contribution in [1.82, 2.24) is 10.2 Å². The van der Waals surface area contributed by atoms with Gasteiger partial charge in [-0.2, -0.15) is 0 Å². The molecule has 0 saturated carbocycles. The lowest BCUT2D eigenvalue weighted by atomic mass is 10.1. The van der Waals surface area contributed by atoms with Gasteiger partial charge in [0.1, 0.15) is 5.82 Å². The summed E-state index contributed by atoms with van der Waals surface area (Å²) in [6, 6.07) is 11.3. The summed E-state index contributed by atoms with van der Waals surface area (Å²) < 4.78 is 9.74. The molecule has 0 saturated heterocycles. The van der Waals surface area contributed by atoms with Crippen molar-refractivity contribution < 1.29 is 14.3 Å². The predicted octanol–water partition coefficient (Wildman–Crippen LogP) is 2.02. The maximum atomic E-state index is 11.3. The third-order valence-electron chi connectivity index (χ3n) is 2.94. The van der Waals surface area contributed by atoms with Gasteiger partial charge in [-0.25, -0.2) is 4.79 Å². The van der Waals surface area contributed by atoms with E-state index in [-0.39, 0.29) is 5.69 Å². The van der Waals surface area contributed by atoms with Gasteiger partial charge in [-0.3, -0.25) is 0 Å². The van der Waals surface area contributed by atoms with E-state index in [0.717, 1.165) is 11.1 Å². The van der Waals surface area contributed by atoms with E-state index in [9.17, 15) is 4.79 Å². The summed E-state index contributed by atoms with van der Waals surface area (Å²) in [6.07, 6.45) is 0. The molecule has 6 nitrogen and oxygen atoms in total. The lowest BCUT2D eigenvalue weighted by molar-refractivity contribution is 0.0593. The Balaban J connectivity index is 2.01. The van der Waals surface area contributed by atoms with Gasteiger partial charge in [-0.05, 0) is 23.3 Å². The number of ether oxygens (including phenoxy) is 2. The number of aromatic nitrogens is 2. The fourth-order valence-corrected chi connectivity index (χ4v) is 1.85. The molecule has 1 N–H and O–H groups in total. The molecule has 1 aromatic heterocycles. The second-order valence-electron chi connectivity index (χ2n) is 4.35. The normalized spacial score (nSPS) is 10.2.